The standard InChI is InChI=1S/C12H27NO3S/c1-5-12(6-2,16-7-3)11(13)9-8-10-17(4,14)15/h11H,5-10,13H2,1-4H3. The van der Waals surface area contributed by atoms with Gasteiger partial charge in [-0.1, -0.05) is 13.8 Å². The number of hydrogen-bond donors (Lipinski definition) is 1. The lowest BCUT2D eigenvalue weighted by Crippen LogP contribution is -2.49. The van der Waals surface area contributed by atoms with Gasteiger partial charge >= 0.3 is 0 Å². The third-order valence-electron chi connectivity index (χ3n) is 3.33. The summed E-state index contributed by atoms with van der Waals surface area (Å²) in [5, 5.41) is 0. The van der Waals surface area contributed by atoms with Gasteiger partial charge in [-0.05, 0) is 32.6 Å². The van der Waals surface area contributed by atoms with Crippen LogP contribution >= 0.6 is 0 Å². The molecule has 0 aliphatic carbocycles. The summed E-state index contributed by atoms with van der Waals surface area (Å²) in [6.07, 6.45) is 4.27. The first kappa shape index (κ1) is 16.9. The van der Waals surface area contributed by atoms with E-state index >= 15 is 0 Å². The van der Waals surface area contributed by atoms with Crippen LogP contribution in [0.15, 0.2) is 0 Å². The number of sulfone groups is 1. The van der Waals surface area contributed by atoms with Crippen molar-refractivity contribution in [1.29, 1.82) is 0 Å². The third-order valence-corrected chi connectivity index (χ3v) is 4.36. The summed E-state index contributed by atoms with van der Waals surface area (Å²) in [4.78, 5) is 0. The maximum absolute atomic E-state index is 11.1. The summed E-state index contributed by atoms with van der Waals surface area (Å²) in [5.74, 6) is 0.205. The molecule has 0 bridgehead atoms. The Hall–Kier alpha value is -0.130. The molecule has 1 unspecified atom stereocenters. The summed E-state index contributed by atoms with van der Waals surface area (Å²) < 4.78 is 27.9. The Balaban J connectivity index is 4.38. The summed E-state index contributed by atoms with van der Waals surface area (Å²) in [6.45, 7) is 6.73. The second-order valence-corrected chi connectivity index (χ2v) is 6.84. The van der Waals surface area contributed by atoms with Gasteiger partial charge in [-0.3, -0.25) is 0 Å². The van der Waals surface area contributed by atoms with Crippen LogP contribution in [0, 0.1) is 0 Å². The molecule has 0 aliphatic heterocycles. The Morgan fingerprint density at radius 2 is 1.76 bits per heavy atom. The Bertz CT molecular complexity index is 297. The lowest BCUT2D eigenvalue weighted by atomic mass is 9.86. The molecule has 0 aromatic heterocycles. The van der Waals surface area contributed by atoms with Crippen molar-refractivity contribution in [1.82, 2.24) is 0 Å². The van der Waals surface area contributed by atoms with Gasteiger partial charge in [0.25, 0.3) is 0 Å². The molecule has 1 atom stereocenters. The molecular formula is C12H27NO3S. The fourth-order valence-corrected chi connectivity index (χ4v) is 2.89. The van der Waals surface area contributed by atoms with Gasteiger partial charge < -0.3 is 10.5 Å². The summed E-state index contributed by atoms with van der Waals surface area (Å²) in [6, 6.07) is -0.0980. The molecule has 4 nitrogen and oxygen atoms in total. The highest BCUT2D eigenvalue weighted by Gasteiger charge is 2.33. The van der Waals surface area contributed by atoms with Gasteiger partial charge in [-0.15, -0.1) is 0 Å². The first-order valence-electron chi connectivity index (χ1n) is 6.38. The SMILES string of the molecule is CCOC(CC)(CC)C(N)CCCS(C)(=O)=O. The van der Waals surface area contributed by atoms with Crippen LogP contribution in [-0.4, -0.2) is 38.7 Å². The van der Waals surface area contributed by atoms with Gasteiger partial charge in [0, 0.05) is 24.7 Å². The minimum Gasteiger partial charge on any atom is -0.374 e. The van der Waals surface area contributed by atoms with Crippen molar-refractivity contribution in [3.05, 3.63) is 0 Å². The first-order valence-corrected chi connectivity index (χ1v) is 8.44. The van der Waals surface area contributed by atoms with Crippen LogP contribution in [0.4, 0.5) is 0 Å². The topological polar surface area (TPSA) is 69.4 Å². The van der Waals surface area contributed by atoms with E-state index in [1.807, 2.05) is 6.92 Å². The number of nitrogens with two attached hydrogens (primary N) is 1. The van der Waals surface area contributed by atoms with Gasteiger partial charge in [-0.2, -0.15) is 0 Å². The van der Waals surface area contributed by atoms with Crippen molar-refractivity contribution < 1.29 is 13.2 Å². The average Bonchev–Trinajstić information content (AvgIpc) is 2.24. The lowest BCUT2D eigenvalue weighted by molar-refractivity contribution is -0.0651. The van der Waals surface area contributed by atoms with Gasteiger partial charge in [0.15, 0.2) is 0 Å². The molecule has 0 aromatic rings. The van der Waals surface area contributed by atoms with Crippen LogP contribution in [0.3, 0.4) is 0 Å². The molecule has 2 N–H and O–H groups in total. The van der Waals surface area contributed by atoms with E-state index in [2.05, 4.69) is 13.8 Å². The predicted molar refractivity (Wildman–Crippen MR) is 71.9 cm³/mol. The highest BCUT2D eigenvalue weighted by atomic mass is 32.2. The van der Waals surface area contributed by atoms with E-state index in [1.165, 1.54) is 6.26 Å². The lowest BCUT2D eigenvalue weighted by Gasteiger charge is -2.37. The minimum absolute atomic E-state index is 0.0980. The Morgan fingerprint density at radius 1 is 1.24 bits per heavy atom. The fraction of sp³-hybridized carbons (Fsp3) is 1.00. The molecule has 0 aliphatic rings. The van der Waals surface area contributed by atoms with Crippen LogP contribution in [0.25, 0.3) is 0 Å². The Labute approximate surface area is 106 Å². The highest BCUT2D eigenvalue weighted by Crippen LogP contribution is 2.26. The quantitative estimate of drug-likeness (QED) is 0.689. The van der Waals surface area contributed by atoms with E-state index < -0.39 is 9.84 Å². The normalized spacial score (nSPS) is 14.9. The molecule has 5 heteroatoms. The number of hydrogen-bond acceptors (Lipinski definition) is 4. The molecule has 0 radical (unpaired) electrons. The van der Waals surface area contributed by atoms with Crippen molar-refractivity contribution in [2.24, 2.45) is 5.73 Å². The molecule has 104 valence electrons. The van der Waals surface area contributed by atoms with E-state index in [9.17, 15) is 8.42 Å². The van der Waals surface area contributed by atoms with Gasteiger partial charge in [0.1, 0.15) is 9.84 Å². The third kappa shape index (κ3) is 5.84. The van der Waals surface area contributed by atoms with Crippen LogP contribution in [-0.2, 0) is 14.6 Å². The maximum Gasteiger partial charge on any atom is 0.147 e. The molecule has 0 spiro atoms. The van der Waals surface area contributed by atoms with Gasteiger partial charge in [-0.25, -0.2) is 8.42 Å². The van der Waals surface area contributed by atoms with Crippen LogP contribution in [0.5, 0.6) is 0 Å². The van der Waals surface area contributed by atoms with E-state index in [-0.39, 0.29) is 17.4 Å². The molecule has 0 saturated heterocycles. The summed E-state index contributed by atoms with van der Waals surface area (Å²) >= 11 is 0. The molecule has 0 fully saturated rings. The molecule has 17 heavy (non-hydrogen) atoms. The molecule has 0 amide bonds. The zero-order chi connectivity index (χ0) is 13.5. The fourth-order valence-electron chi connectivity index (χ4n) is 2.20. The smallest absolute Gasteiger partial charge is 0.147 e. The van der Waals surface area contributed by atoms with Gasteiger partial charge in [0.05, 0.1) is 5.60 Å². The monoisotopic (exact) mass is 265 g/mol. The molecule has 0 heterocycles. The van der Waals surface area contributed by atoms with Gasteiger partial charge in [0.2, 0.25) is 0 Å². The molecule has 0 aromatic carbocycles. The largest absolute Gasteiger partial charge is 0.374 e. The van der Waals surface area contributed by atoms with Crippen molar-refractivity contribution in [3.63, 3.8) is 0 Å². The molecular weight excluding hydrogens is 238 g/mol. The van der Waals surface area contributed by atoms with E-state index in [0.29, 0.717) is 19.4 Å². The average molecular weight is 265 g/mol. The van der Waals surface area contributed by atoms with Crippen molar-refractivity contribution in [2.75, 3.05) is 18.6 Å². The first-order chi connectivity index (χ1) is 7.81. The van der Waals surface area contributed by atoms with Crippen molar-refractivity contribution >= 4 is 9.84 Å². The zero-order valence-electron chi connectivity index (χ0n) is 11.5. The predicted octanol–water partition coefficient (Wildman–Crippen LogP) is 1.73. The van der Waals surface area contributed by atoms with Crippen LogP contribution in [0.1, 0.15) is 46.5 Å². The van der Waals surface area contributed by atoms with E-state index in [0.717, 1.165) is 12.8 Å². The Kier molecular flexibility index (Phi) is 7.28. The summed E-state index contributed by atoms with van der Waals surface area (Å²) in [7, 11) is -2.89. The summed E-state index contributed by atoms with van der Waals surface area (Å²) in [5.41, 5.74) is 5.87. The van der Waals surface area contributed by atoms with Crippen molar-refractivity contribution in [2.45, 2.75) is 58.1 Å². The molecule has 0 rings (SSSR count). The van der Waals surface area contributed by atoms with Crippen molar-refractivity contribution in [3.8, 4) is 0 Å². The number of rotatable bonds is 9. The second kappa shape index (κ2) is 7.34. The van der Waals surface area contributed by atoms with E-state index in [4.69, 9.17) is 10.5 Å². The maximum atomic E-state index is 11.1. The highest BCUT2D eigenvalue weighted by molar-refractivity contribution is 7.90. The zero-order valence-corrected chi connectivity index (χ0v) is 12.3. The van der Waals surface area contributed by atoms with Crippen LogP contribution < -0.4 is 5.73 Å². The van der Waals surface area contributed by atoms with E-state index in [1.54, 1.807) is 0 Å². The number of ether oxygens (including phenoxy) is 1. The Morgan fingerprint density at radius 3 is 2.12 bits per heavy atom. The minimum atomic E-state index is -2.89. The molecule has 0 saturated carbocycles. The van der Waals surface area contributed by atoms with Crippen LogP contribution in [0.2, 0.25) is 0 Å². The second-order valence-electron chi connectivity index (χ2n) is 4.58.